The van der Waals surface area contributed by atoms with Crippen LogP contribution in [-0.2, 0) is 0 Å². The quantitative estimate of drug-likeness (QED) is 0.780. The summed E-state index contributed by atoms with van der Waals surface area (Å²) in [7, 11) is 0. The molecule has 2 aromatic rings. The van der Waals surface area contributed by atoms with Gasteiger partial charge in [-0.15, -0.1) is 0 Å². The fraction of sp³-hybridized carbons (Fsp3) is 0.0909. The SMILES string of the molecule is NC(c1ccc(Br)cc1Cl)c1cscc1Br. The summed E-state index contributed by atoms with van der Waals surface area (Å²) in [5, 5.41) is 4.73. The van der Waals surface area contributed by atoms with Crippen molar-refractivity contribution in [3.05, 3.63) is 54.1 Å². The van der Waals surface area contributed by atoms with Gasteiger partial charge < -0.3 is 5.73 Å². The van der Waals surface area contributed by atoms with Gasteiger partial charge in [-0.1, -0.05) is 33.6 Å². The van der Waals surface area contributed by atoms with Crippen molar-refractivity contribution in [3.63, 3.8) is 0 Å². The molecule has 5 heteroatoms. The van der Waals surface area contributed by atoms with E-state index in [4.69, 9.17) is 17.3 Å². The first-order chi connectivity index (χ1) is 7.59. The van der Waals surface area contributed by atoms with Gasteiger partial charge in [0, 0.05) is 19.3 Å². The molecule has 0 spiro atoms. The Labute approximate surface area is 120 Å². The molecule has 16 heavy (non-hydrogen) atoms. The van der Waals surface area contributed by atoms with Crippen molar-refractivity contribution < 1.29 is 0 Å². The highest BCUT2D eigenvalue weighted by Crippen LogP contribution is 2.34. The molecule has 1 aromatic carbocycles. The van der Waals surface area contributed by atoms with Gasteiger partial charge in [0.2, 0.25) is 0 Å². The van der Waals surface area contributed by atoms with E-state index in [-0.39, 0.29) is 6.04 Å². The lowest BCUT2D eigenvalue weighted by atomic mass is 10.0. The number of nitrogens with two attached hydrogens (primary N) is 1. The van der Waals surface area contributed by atoms with Crippen molar-refractivity contribution in [2.24, 2.45) is 5.73 Å². The van der Waals surface area contributed by atoms with E-state index in [1.54, 1.807) is 11.3 Å². The van der Waals surface area contributed by atoms with Crippen molar-refractivity contribution in [1.82, 2.24) is 0 Å². The maximum absolute atomic E-state index is 6.19. The van der Waals surface area contributed by atoms with Crippen LogP contribution in [0.1, 0.15) is 17.2 Å². The summed E-state index contributed by atoms with van der Waals surface area (Å²) in [5.41, 5.74) is 8.19. The summed E-state index contributed by atoms with van der Waals surface area (Å²) in [6, 6.07) is 5.56. The standard InChI is InChI=1S/C11H8Br2ClNS/c12-6-1-2-7(10(14)3-6)11(15)8-4-16-5-9(8)13/h1-5,11H,15H2. The van der Waals surface area contributed by atoms with Gasteiger partial charge in [-0.2, -0.15) is 11.3 Å². The lowest BCUT2D eigenvalue weighted by Gasteiger charge is -2.13. The second-order valence-electron chi connectivity index (χ2n) is 3.32. The maximum atomic E-state index is 6.19. The van der Waals surface area contributed by atoms with E-state index in [9.17, 15) is 0 Å². The molecule has 1 atom stereocenters. The first-order valence-electron chi connectivity index (χ1n) is 4.51. The Bertz CT molecular complexity index is 512. The Morgan fingerprint density at radius 2 is 1.94 bits per heavy atom. The van der Waals surface area contributed by atoms with Crippen molar-refractivity contribution in [2.45, 2.75) is 6.04 Å². The Morgan fingerprint density at radius 3 is 2.50 bits per heavy atom. The molecule has 0 aliphatic carbocycles. The fourth-order valence-electron chi connectivity index (χ4n) is 1.43. The third-order valence-electron chi connectivity index (χ3n) is 2.27. The highest BCUT2D eigenvalue weighted by atomic mass is 79.9. The van der Waals surface area contributed by atoms with E-state index in [0.29, 0.717) is 5.02 Å². The van der Waals surface area contributed by atoms with E-state index < -0.39 is 0 Å². The Kier molecular flexibility index (Phi) is 4.08. The number of benzene rings is 1. The minimum absolute atomic E-state index is 0.193. The van der Waals surface area contributed by atoms with Gasteiger partial charge in [-0.3, -0.25) is 0 Å². The summed E-state index contributed by atoms with van der Waals surface area (Å²) in [5.74, 6) is 0. The van der Waals surface area contributed by atoms with Gasteiger partial charge in [0.1, 0.15) is 0 Å². The molecule has 84 valence electrons. The van der Waals surface area contributed by atoms with Gasteiger partial charge in [-0.05, 0) is 44.6 Å². The van der Waals surface area contributed by atoms with E-state index in [2.05, 4.69) is 31.9 Å². The molecule has 0 fully saturated rings. The topological polar surface area (TPSA) is 26.0 Å². The lowest BCUT2D eigenvalue weighted by Crippen LogP contribution is -2.11. The second-order valence-corrected chi connectivity index (χ2v) is 6.24. The van der Waals surface area contributed by atoms with Crippen LogP contribution in [0.2, 0.25) is 5.02 Å². The summed E-state index contributed by atoms with van der Waals surface area (Å²) in [4.78, 5) is 0. The molecule has 1 unspecified atom stereocenters. The third kappa shape index (κ3) is 2.51. The number of hydrogen-bond acceptors (Lipinski definition) is 2. The average molecular weight is 382 g/mol. The summed E-state index contributed by atoms with van der Waals surface area (Å²) in [6.07, 6.45) is 0. The molecule has 0 aliphatic rings. The van der Waals surface area contributed by atoms with Crippen LogP contribution in [0.5, 0.6) is 0 Å². The van der Waals surface area contributed by atoms with Crippen LogP contribution in [0.25, 0.3) is 0 Å². The number of halogens is 3. The first kappa shape index (κ1) is 12.6. The molecule has 0 saturated heterocycles. The molecule has 0 aliphatic heterocycles. The molecule has 2 rings (SSSR count). The molecular formula is C11H8Br2ClNS. The molecule has 0 bridgehead atoms. The maximum Gasteiger partial charge on any atom is 0.0585 e. The van der Waals surface area contributed by atoms with E-state index >= 15 is 0 Å². The van der Waals surface area contributed by atoms with Crippen molar-refractivity contribution in [2.75, 3.05) is 0 Å². The molecule has 1 heterocycles. The zero-order chi connectivity index (χ0) is 11.7. The molecule has 0 amide bonds. The molecule has 1 aromatic heterocycles. The Hall–Kier alpha value is 0.130. The van der Waals surface area contributed by atoms with Crippen LogP contribution >= 0.6 is 54.8 Å². The van der Waals surface area contributed by atoms with Gasteiger partial charge >= 0.3 is 0 Å². The molecule has 0 saturated carbocycles. The molecule has 1 nitrogen and oxygen atoms in total. The van der Waals surface area contributed by atoms with Gasteiger partial charge in [0.05, 0.1) is 6.04 Å². The predicted molar refractivity (Wildman–Crippen MR) is 77.2 cm³/mol. The monoisotopic (exact) mass is 379 g/mol. The zero-order valence-electron chi connectivity index (χ0n) is 8.08. The minimum Gasteiger partial charge on any atom is -0.320 e. The highest BCUT2D eigenvalue weighted by Gasteiger charge is 2.15. The normalized spacial score (nSPS) is 12.8. The first-order valence-corrected chi connectivity index (χ1v) is 7.42. The van der Waals surface area contributed by atoms with Crippen molar-refractivity contribution in [1.29, 1.82) is 0 Å². The molecule has 2 N–H and O–H groups in total. The van der Waals surface area contributed by atoms with Gasteiger partial charge in [0.25, 0.3) is 0 Å². The molecular weight excluding hydrogens is 373 g/mol. The Morgan fingerprint density at radius 1 is 1.19 bits per heavy atom. The summed E-state index contributed by atoms with van der Waals surface area (Å²) in [6.45, 7) is 0. The van der Waals surface area contributed by atoms with Crippen LogP contribution < -0.4 is 5.73 Å². The second kappa shape index (κ2) is 5.19. The van der Waals surface area contributed by atoms with E-state index in [1.807, 2.05) is 29.0 Å². The van der Waals surface area contributed by atoms with Crippen molar-refractivity contribution >= 4 is 54.8 Å². The highest BCUT2D eigenvalue weighted by molar-refractivity contribution is 9.10. The van der Waals surface area contributed by atoms with Crippen molar-refractivity contribution in [3.8, 4) is 0 Å². The third-order valence-corrected chi connectivity index (χ3v) is 4.85. The van der Waals surface area contributed by atoms with Crippen LogP contribution in [0.3, 0.4) is 0 Å². The van der Waals surface area contributed by atoms with Gasteiger partial charge in [0.15, 0.2) is 0 Å². The fourth-order valence-corrected chi connectivity index (χ4v) is 3.81. The van der Waals surface area contributed by atoms with E-state index in [0.717, 1.165) is 20.1 Å². The smallest absolute Gasteiger partial charge is 0.0585 e. The number of hydrogen-bond donors (Lipinski definition) is 1. The van der Waals surface area contributed by atoms with Gasteiger partial charge in [-0.25, -0.2) is 0 Å². The molecule has 0 radical (unpaired) electrons. The van der Waals surface area contributed by atoms with E-state index in [1.165, 1.54) is 0 Å². The van der Waals surface area contributed by atoms with Crippen LogP contribution in [0.4, 0.5) is 0 Å². The number of rotatable bonds is 2. The predicted octanol–water partition coefficient (Wildman–Crippen LogP) is 4.97. The zero-order valence-corrected chi connectivity index (χ0v) is 12.8. The number of thiophene rings is 1. The Balaban J connectivity index is 2.41. The van der Waals surface area contributed by atoms with Crippen LogP contribution in [-0.4, -0.2) is 0 Å². The van der Waals surface area contributed by atoms with Crippen LogP contribution in [0, 0.1) is 0 Å². The van der Waals surface area contributed by atoms with Crippen LogP contribution in [0.15, 0.2) is 37.9 Å². The minimum atomic E-state index is -0.193. The summed E-state index contributed by atoms with van der Waals surface area (Å²) < 4.78 is 1.99. The lowest BCUT2D eigenvalue weighted by molar-refractivity contribution is 0.872. The summed E-state index contributed by atoms with van der Waals surface area (Å²) >= 11 is 14.6. The average Bonchev–Trinajstić information content (AvgIpc) is 2.63. The largest absolute Gasteiger partial charge is 0.320 e.